The molecule has 21 heavy (non-hydrogen) atoms. The molecule has 0 atom stereocenters. The van der Waals surface area contributed by atoms with E-state index in [0.29, 0.717) is 16.8 Å². The van der Waals surface area contributed by atoms with Gasteiger partial charge in [-0.25, -0.2) is 8.78 Å². The van der Waals surface area contributed by atoms with Crippen LogP contribution in [0.2, 0.25) is 0 Å². The van der Waals surface area contributed by atoms with E-state index in [1.807, 2.05) is 0 Å². The molecule has 0 saturated heterocycles. The highest BCUT2D eigenvalue weighted by molar-refractivity contribution is 9.10. The van der Waals surface area contributed by atoms with Crippen LogP contribution in [-0.2, 0) is 13.2 Å². The maximum atomic E-state index is 13.7. The molecule has 0 aliphatic carbocycles. The summed E-state index contributed by atoms with van der Waals surface area (Å²) in [5, 5.41) is 22.0. The number of aromatic nitrogens is 1. The molecule has 0 aliphatic rings. The largest absolute Gasteiger partial charge is 0.506 e. The number of nitrogens with zero attached hydrogens (tertiary/aromatic N) is 1. The maximum Gasteiger partial charge on any atom is 0.150 e. The van der Waals surface area contributed by atoms with Gasteiger partial charge in [0.25, 0.3) is 0 Å². The second-order valence-electron chi connectivity index (χ2n) is 4.45. The summed E-state index contributed by atoms with van der Waals surface area (Å²) in [6.07, 6.45) is 1.45. The molecule has 0 unspecified atom stereocenters. The third kappa shape index (κ3) is 3.30. The molecule has 0 spiro atoms. The summed E-state index contributed by atoms with van der Waals surface area (Å²) < 4.78 is 27.0. The molecular formula is C14H13BrF2N2O2. The number of hydrogen-bond acceptors (Lipinski definition) is 4. The van der Waals surface area contributed by atoms with Gasteiger partial charge >= 0.3 is 0 Å². The molecule has 0 bridgehead atoms. The van der Waals surface area contributed by atoms with Crippen LogP contribution in [0.25, 0.3) is 0 Å². The van der Waals surface area contributed by atoms with Crippen LogP contribution in [0, 0.1) is 18.6 Å². The van der Waals surface area contributed by atoms with E-state index in [1.54, 1.807) is 6.92 Å². The number of rotatable bonds is 4. The number of halogens is 3. The number of aromatic hydroxyl groups is 1. The monoisotopic (exact) mass is 358 g/mol. The Hall–Kier alpha value is -1.73. The van der Waals surface area contributed by atoms with E-state index in [0.717, 1.165) is 12.1 Å². The molecule has 1 aromatic carbocycles. The first-order valence-electron chi connectivity index (χ1n) is 6.09. The molecule has 0 aliphatic heterocycles. The predicted octanol–water partition coefficient (Wildman–Crippen LogP) is 3.24. The lowest BCUT2D eigenvalue weighted by atomic mass is 10.1. The number of hydrogen-bond donors (Lipinski definition) is 3. The van der Waals surface area contributed by atoms with Crippen molar-refractivity contribution in [1.29, 1.82) is 0 Å². The van der Waals surface area contributed by atoms with Gasteiger partial charge in [-0.05, 0) is 28.9 Å². The molecule has 3 N–H and O–H groups in total. The number of aliphatic hydroxyl groups excluding tert-OH is 1. The van der Waals surface area contributed by atoms with Crippen molar-refractivity contribution in [2.45, 2.75) is 20.1 Å². The van der Waals surface area contributed by atoms with Gasteiger partial charge in [-0.2, -0.15) is 0 Å². The van der Waals surface area contributed by atoms with Crippen LogP contribution in [0.15, 0.2) is 22.8 Å². The highest BCUT2D eigenvalue weighted by Gasteiger charge is 2.14. The van der Waals surface area contributed by atoms with Crippen molar-refractivity contribution in [3.05, 3.63) is 51.3 Å². The van der Waals surface area contributed by atoms with Crippen LogP contribution in [-0.4, -0.2) is 15.2 Å². The number of benzene rings is 1. The van der Waals surface area contributed by atoms with Gasteiger partial charge in [-0.15, -0.1) is 0 Å². The number of aryl methyl sites for hydroxylation is 1. The molecular weight excluding hydrogens is 346 g/mol. The van der Waals surface area contributed by atoms with E-state index in [1.165, 1.54) is 6.20 Å². The average molecular weight is 359 g/mol. The van der Waals surface area contributed by atoms with Crippen molar-refractivity contribution >= 4 is 21.6 Å². The summed E-state index contributed by atoms with van der Waals surface area (Å²) in [6.45, 7) is 1.38. The van der Waals surface area contributed by atoms with E-state index >= 15 is 0 Å². The van der Waals surface area contributed by atoms with E-state index in [2.05, 4.69) is 26.2 Å². The summed E-state index contributed by atoms with van der Waals surface area (Å²) in [5.41, 5.74) is 1.33. The lowest BCUT2D eigenvalue weighted by Gasteiger charge is -2.14. The minimum atomic E-state index is -0.752. The quantitative estimate of drug-likeness (QED) is 0.784. The number of aliphatic hydroxyl groups is 1. The van der Waals surface area contributed by atoms with Crippen molar-refractivity contribution in [2.24, 2.45) is 0 Å². The molecule has 1 heterocycles. The van der Waals surface area contributed by atoms with Crippen LogP contribution in [0.1, 0.15) is 16.8 Å². The Labute approximate surface area is 128 Å². The zero-order valence-electron chi connectivity index (χ0n) is 11.1. The van der Waals surface area contributed by atoms with Crippen molar-refractivity contribution in [2.75, 3.05) is 5.32 Å². The summed E-state index contributed by atoms with van der Waals surface area (Å²) >= 11 is 3.07. The second kappa shape index (κ2) is 6.36. The van der Waals surface area contributed by atoms with Crippen molar-refractivity contribution < 1.29 is 19.0 Å². The van der Waals surface area contributed by atoms with Crippen molar-refractivity contribution in [3.8, 4) is 5.75 Å². The Bertz CT molecular complexity index is 657. The molecule has 0 saturated carbocycles. The van der Waals surface area contributed by atoms with Gasteiger partial charge in [0.2, 0.25) is 0 Å². The summed E-state index contributed by atoms with van der Waals surface area (Å²) in [4.78, 5) is 3.94. The fourth-order valence-electron chi connectivity index (χ4n) is 1.91. The van der Waals surface area contributed by atoms with E-state index in [4.69, 9.17) is 0 Å². The van der Waals surface area contributed by atoms with Crippen molar-refractivity contribution in [1.82, 2.24) is 4.98 Å². The Morgan fingerprint density at radius 3 is 2.67 bits per heavy atom. The molecule has 4 nitrogen and oxygen atoms in total. The molecule has 2 aromatic rings. The third-order valence-electron chi connectivity index (χ3n) is 3.05. The summed E-state index contributed by atoms with van der Waals surface area (Å²) in [7, 11) is 0. The van der Waals surface area contributed by atoms with Gasteiger partial charge in [0.15, 0.2) is 0 Å². The van der Waals surface area contributed by atoms with Crippen LogP contribution < -0.4 is 5.32 Å². The zero-order valence-corrected chi connectivity index (χ0v) is 12.7. The SMILES string of the molecule is Cc1ncc(CO)c(CNc2c(F)cc(F)cc2Br)c1O. The molecule has 0 amide bonds. The average Bonchev–Trinajstić information content (AvgIpc) is 2.42. The predicted molar refractivity (Wildman–Crippen MR) is 77.9 cm³/mol. The molecule has 7 heteroatoms. The number of pyridine rings is 1. The van der Waals surface area contributed by atoms with Crippen LogP contribution in [0.4, 0.5) is 14.5 Å². The standard InChI is InChI=1S/C14H13BrF2N2O2/c1-7-14(21)10(8(6-20)4-18-7)5-19-13-11(15)2-9(16)3-12(13)17/h2-4,19-21H,5-6H2,1H3. The smallest absolute Gasteiger partial charge is 0.150 e. The highest BCUT2D eigenvalue weighted by atomic mass is 79.9. The van der Waals surface area contributed by atoms with Gasteiger partial charge in [-0.3, -0.25) is 4.98 Å². The van der Waals surface area contributed by atoms with Gasteiger partial charge < -0.3 is 15.5 Å². The van der Waals surface area contributed by atoms with E-state index in [-0.39, 0.29) is 29.1 Å². The number of nitrogens with one attached hydrogen (secondary N) is 1. The summed E-state index contributed by atoms with van der Waals surface area (Å²) in [6, 6.07) is 1.90. The summed E-state index contributed by atoms with van der Waals surface area (Å²) in [5.74, 6) is -1.51. The molecule has 1 aromatic heterocycles. The van der Waals surface area contributed by atoms with Crippen LogP contribution in [0.3, 0.4) is 0 Å². The Morgan fingerprint density at radius 1 is 1.33 bits per heavy atom. The lowest BCUT2D eigenvalue weighted by Crippen LogP contribution is -2.07. The Morgan fingerprint density at radius 2 is 2.05 bits per heavy atom. The third-order valence-corrected chi connectivity index (χ3v) is 3.67. The van der Waals surface area contributed by atoms with E-state index < -0.39 is 11.6 Å². The first-order chi connectivity index (χ1) is 9.93. The van der Waals surface area contributed by atoms with Gasteiger partial charge in [-0.1, -0.05) is 0 Å². The first-order valence-corrected chi connectivity index (χ1v) is 6.89. The lowest BCUT2D eigenvalue weighted by molar-refractivity contribution is 0.279. The van der Waals surface area contributed by atoms with Crippen molar-refractivity contribution in [3.63, 3.8) is 0 Å². The Balaban J connectivity index is 2.31. The number of anilines is 1. The first kappa shape index (κ1) is 15.7. The fourth-order valence-corrected chi connectivity index (χ4v) is 2.45. The van der Waals surface area contributed by atoms with Gasteiger partial charge in [0.05, 0.1) is 18.0 Å². The van der Waals surface area contributed by atoms with Gasteiger partial charge in [0, 0.05) is 34.4 Å². The minimum absolute atomic E-state index is 0.0617. The van der Waals surface area contributed by atoms with E-state index in [9.17, 15) is 19.0 Å². The zero-order chi connectivity index (χ0) is 15.6. The fraction of sp³-hybridized carbons (Fsp3) is 0.214. The Kier molecular flexibility index (Phi) is 4.74. The molecule has 0 radical (unpaired) electrons. The molecule has 0 fully saturated rings. The van der Waals surface area contributed by atoms with Gasteiger partial charge in [0.1, 0.15) is 17.4 Å². The second-order valence-corrected chi connectivity index (χ2v) is 5.31. The molecule has 2 rings (SSSR count). The van der Waals surface area contributed by atoms with Crippen LogP contribution in [0.5, 0.6) is 5.75 Å². The van der Waals surface area contributed by atoms with Crippen LogP contribution >= 0.6 is 15.9 Å². The highest BCUT2D eigenvalue weighted by Crippen LogP contribution is 2.29. The molecule has 112 valence electrons. The maximum absolute atomic E-state index is 13.7. The normalized spacial score (nSPS) is 10.7. The minimum Gasteiger partial charge on any atom is -0.506 e. The topological polar surface area (TPSA) is 65.4 Å².